The van der Waals surface area contributed by atoms with E-state index in [1.165, 1.54) is 24.2 Å². The van der Waals surface area contributed by atoms with Crippen LogP contribution in [0.5, 0.6) is 0 Å². The van der Waals surface area contributed by atoms with Crippen LogP contribution < -0.4 is 5.32 Å². The van der Waals surface area contributed by atoms with Crippen LogP contribution in [0.1, 0.15) is 44.5 Å². The van der Waals surface area contributed by atoms with Crippen molar-refractivity contribution < 1.29 is 4.74 Å². The Morgan fingerprint density at radius 2 is 2.39 bits per heavy atom. The predicted octanol–water partition coefficient (Wildman–Crippen LogP) is 2.12. The Hall–Kier alpha value is -0.870. The van der Waals surface area contributed by atoms with Crippen LogP contribution in [-0.4, -0.2) is 29.0 Å². The molecule has 0 radical (unpaired) electrons. The van der Waals surface area contributed by atoms with Crippen molar-refractivity contribution in [1.82, 2.24) is 15.1 Å². The molecule has 1 fully saturated rings. The minimum atomic E-state index is 0.486. The Bertz CT molecular complexity index is 356. The van der Waals surface area contributed by atoms with Crippen molar-refractivity contribution in [3.05, 3.63) is 17.5 Å². The number of ether oxygens (including phenoxy) is 1. The van der Waals surface area contributed by atoms with Gasteiger partial charge in [-0.05, 0) is 45.2 Å². The Kier molecular flexibility index (Phi) is 5.20. The zero-order valence-electron chi connectivity index (χ0n) is 11.6. The van der Waals surface area contributed by atoms with Crippen LogP contribution >= 0.6 is 0 Å². The summed E-state index contributed by atoms with van der Waals surface area (Å²) in [7, 11) is 0. The zero-order valence-corrected chi connectivity index (χ0v) is 11.6. The van der Waals surface area contributed by atoms with E-state index in [4.69, 9.17) is 4.74 Å². The molecular formula is C14H25N3O. The Labute approximate surface area is 110 Å². The van der Waals surface area contributed by atoms with Gasteiger partial charge in [0.05, 0.1) is 17.5 Å². The van der Waals surface area contributed by atoms with Crippen LogP contribution in [0.2, 0.25) is 0 Å². The molecule has 2 rings (SSSR count). The van der Waals surface area contributed by atoms with Crippen LogP contribution in [0.4, 0.5) is 0 Å². The van der Waals surface area contributed by atoms with Gasteiger partial charge in [0.15, 0.2) is 0 Å². The summed E-state index contributed by atoms with van der Waals surface area (Å²) in [6.07, 6.45) is 5.08. The highest BCUT2D eigenvalue weighted by atomic mass is 16.5. The lowest BCUT2D eigenvalue weighted by Gasteiger charge is -2.10. The molecule has 0 amide bonds. The normalized spacial score (nSPS) is 19.6. The summed E-state index contributed by atoms with van der Waals surface area (Å²) in [5.74, 6) is 0. The van der Waals surface area contributed by atoms with Gasteiger partial charge in [0.1, 0.15) is 0 Å². The first-order valence-electron chi connectivity index (χ1n) is 7.21. The smallest absolute Gasteiger partial charge is 0.0625 e. The largest absolute Gasteiger partial charge is 0.378 e. The quantitative estimate of drug-likeness (QED) is 0.755. The maximum absolute atomic E-state index is 5.61. The van der Waals surface area contributed by atoms with Crippen molar-refractivity contribution in [2.75, 3.05) is 13.2 Å². The number of hydrogen-bond donors (Lipinski definition) is 1. The molecule has 0 bridgehead atoms. The molecule has 1 aliphatic rings. The molecule has 1 saturated heterocycles. The van der Waals surface area contributed by atoms with Crippen molar-refractivity contribution in [2.24, 2.45) is 0 Å². The van der Waals surface area contributed by atoms with Crippen LogP contribution in [0, 0.1) is 0 Å². The lowest BCUT2D eigenvalue weighted by molar-refractivity contribution is 0.104. The highest BCUT2D eigenvalue weighted by Gasteiger charge is 2.14. The highest BCUT2D eigenvalue weighted by molar-refractivity contribution is 5.10. The fourth-order valence-electron chi connectivity index (χ4n) is 2.46. The Balaban J connectivity index is 1.73. The van der Waals surface area contributed by atoms with E-state index in [0.717, 1.165) is 39.1 Å². The van der Waals surface area contributed by atoms with E-state index < -0.39 is 0 Å². The lowest BCUT2D eigenvalue weighted by atomic mass is 10.2. The Morgan fingerprint density at radius 1 is 1.50 bits per heavy atom. The van der Waals surface area contributed by atoms with Gasteiger partial charge < -0.3 is 10.1 Å². The van der Waals surface area contributed by atoms with Gasteiger partial charge in [-0.2, -0.15) is 5.10 Å². The van der Waals surface area contributed by atoms with Gasteiger partial charge >= 0.3 is 0 Å². The third-order valence-electron chi connectivity index (χ3n) is 3.55. The van der Waals surface area contributed by atoms with E-state index >= 15 is 0 Å². The fourth-order valence-corrected chi connectivity index (χ4v) is 2.46. The number of hydrogen-bond acceptors (Lipinski definition) is 3. The van der Waals surface area contributed by atoms with E-state index in [1.54, 1.807) is 0 Å². The second kappa shape index (κ2) is 6.90. The topological polar surface area (TPSA) is 39.1 Å². The second-order valence-electron chi connectivity index (χ2n) is 4.90. The van der Waals surface area contributed by atoms with Gasteiger partial charge in [0.2, 0.25) is 0 Å². The molecule has 1 unspecified atom stereocenters. The molecule has 102 valence electrons. The van der Waals surface area contributed by atoms with Crippen molar-refractivity contribution in [3.63, 3.8) is 0 Å². The summed E-state index contributed by atoms with van der Waals surface area (Å²) in [4.78, 5) is 0. The summed E-state index contributed by atoms with van der Waals surface area (Å²) in [5.41, 5.74) is 2.48. The van der Waals surface area contributed by atoms with E-state index in [-0.39, 0.29) is 0 Å². The van der Waals surface area contributed by atoms with Crippen LogP contribution in [0.15, 0.2) is 6.07 Å². The highest BCUT2D eigenvalue weighted by Crippen LogP contribution is 2.14. The molecule has 0 saturated carbocycles. The maximum Gasteiger partial charge on any atom is 0.0625 e. The summed E-state index contributed by atoms with van der Waals surface area (Å²) < 4.78 is 7.71. The third-order valence-corrected chi connectivity index (χ3v) is 3.55. The van der Waals surface area contributed by atoms with Gasteiger partial charge in [-0.15, -0.1) is 0 Å². The van der Waals surface area contributed by atoms with Crippen molar-refractivity contribution in [3.8, 4) is 0 Å². The SMILES string of the molecule is CCc1cc(CNCCC2CCCO2)n(CC)n1. The maximum atomic E-state index is 5.61. The molecule has 0 aromatic carbocycles. The molecule has 0 aliphatic carbocycles. The van der Waals surface area contributed by atoms with Crippen LogP contribution in [-0.2, 0) is 24.2 Å². The molecule has 1 aromatic heterocycles. The standard InChI is InChI=1S/C14H25N3O/c1-3-12-10-13(17(4-2)16-12)11-15-8-7-14-6-5-9-18-14/h10,14-15H,3-9,11H2,1-2H3. The molecule has 4 heteroatoms. The fraction of sp³-hybridized carbons (Fsp3) is 0.786. The molecule has 4 nitrogen and oxygen atoms in total. The van der Waals surface area contributed by atoms with Gasteiger partial charge in [0.25, 0.3) is 0 Å². The van der Waals surface area contributed by atoms with Gasteiger partial charge in [-0.3, -0.25) is 4.68 Å². The van der Waals surface area contributed by atoms with Gasteiger partial charge in [-0.1, -0.05) is 6.92 Å². The van der Waals surface area contributed by atoms with Gasteiger partial charge in [-0.25, -0.2) is 0 Å². The molecule has 2 heterocycles. The minimum absolute atomic E-state index is 0.486. The first kappa shape index (κ1) is 13.6. The molecular weight excluding hydrogens is 226 g/mol. The molecule has 1 aromatic rings. The monoisotopic (exact) mass is 251 g/mol. The summed E-state index contributed by atoms with van der Waals surface area (Å²) in [5, 5.41) is 8.06. The predicted molar refractivity (Wildman–Crippen MR) is 72.6 cm³/mol. The van der Waals surface area contributed by atoms with Gasteiger partial charge in [0, 0.05) is 19.7 Å². The van der Waals surface area contributed by atoms with Crippen molar-refractivity contribution in [1.29, 1.82) is 0 Å². The lowest BCUT2D eigenvalue weighted by Crippen LogP contribution is -2.21. The van der Waals surface area contributed by atoms with E-state index in [2.05, 4.69) is 35.0 Å². The zero-order chi connectivity index (χ0) is 12.8. The molecule has 18 heavy (non-hydrogen) atoms. The van der Waals surface area contributed by atoms with E-state index in [1.807, 2.05) is 0 Å². The van der Waals surface area contributed by atoms with Crippen LogP contribution in [0.3, 0.4) is 0 Å². The van der Waals surface area contributed by atoms with Crippen molar-refractivity contribution >= 4 is 0 Å². The second-order valence-corrected chi connectivity index (χ2v) is 4.90. The first-order chi connectivity index (χ1) is 8.83. The molecule has 1 N–H and O–H groups in total. The number of nitrogens with zero attached hydrogens (tertiary/aromatic N) is 2. The molecule has 0 spiro atoms. The average Bonchev–Trinajstić information content (AvgIpc) is 3.03. The summed E-state index contributed by atoms with van der Waals surface area (Å²) in [6.45, 7) is 8.13. The van der Waals surface area contributed by atoms with Crippen molar-refractivity contribution in [2.45, 2.75) is 58.7 Å². The minimum Gasteiger partial charge on any atom is -0.378 e. The average molecular weight is 251 g/mol. The number of nitrogens with one attached hydrogen (secondary N) is 1. The number of aryl methyl sites for hydroxylation is 2. The summed E-state index contributed by atoms with van der Waals surface area (Å²) >= 11 is 0. The Morgan fingerprint density at radius 3 is 3.06 bits per heavy atom. The summed E-state index contributed by atoms with van der Waals surface area (Å²) in [6, 6.07) is 2.21. The van der Waals surface area contributed by atoms with Crippen LogP contribution in [0.25, 0.3) is 0 Å². The molecule has 1 atom stereocenters. The van der Waals surface area contributed by atoms with E-state index in [9.17, 15) is 0 Å². The molecule has 1 aliphatic heterocycles. The van der Waals surface area contributed by atoms with E-state index in [0.29, 0.717) is 6.10 Å². The number of aromatic nitrogens is 2. The third kappa shape index (κ3) is 3.56. The first-order valence-corrected chi connectivity index (χ1v) is 7.21. The number of rotatable bonds is 7.